The van der Waals surface area contributed by atoms with Crippen LogP contribution in [0.1, 0.15) is 5.69 Å². The van der Waals surface area contributed by atoms with Crippen LogP contribution in [0.3, 0.4) is 0 Å². The number of nitrogens with zero attached hydrogens (tertiary/aromatic N) is 4. The number of anilines is 5. The number of aliphatic carboxylic acids is 1. The van der Waals surface area contributed by atoms with E-state index in [4.69, 9.17) is 37.2 Å². The molecule has 0 aliphatic carbocycles. The Bertz CT molecular complexity index is 1330. The molecule has 2 aliphatic heterocycles. The molecule has 14 heteroatoms. The molecule has 1 aromatic heterocycles. The summed E-state index contributed by atoms with van der Waals surface area (Å²) in [7, 11) is -1.09. The van der Waals surface area contributed by atoms with Gasteiger partial charge in [0.05, 0.1) is 16.5 Å². The number of nitrogen functional groups attached to an aromatic ring is 1. The van der Waals surface area contributed by atoms with Gasteiger partial charge >= 0.3 is 12.1 Å². The van der Waals surface area contributed by atoms with Gasteiger partial charge in [-0.2, -0.15) is 18.2 Å². The maximum absolute atomic E-state index is 12.6. The number of benzene rings is 2. The van der Waals surface area contributed by atoms with Crippen LogP contribution in [0.5, 0.6) is 0 Å². The monoisotopic (exact) mass is 568 g/mol. The molecule has 1 unspecified atom stereocenters. The molecule has 0 radical (unpaired) electrons. The van der Waals surface area contributed by atoms with Gasteiger partial charge in [-0.3, -0.25) is 4.21 Å². The van der Waals surface area contributed by atoms with E-state index in [-0.39, 0.29) is 0 Å². The van der Waals surface area contributed by atoms with Crippen molar-refractivity contribution in [3.05, 3.63) is 59.2 Å². The van der Waals surface area contributed by atoms with Gasteiger partial charge in [0.25, 0.3) is 0 Å². The summed E-state index contributed by atoms with van der Waals surface area (Å²) in [5.41, 5.74) is 9.43. The van der Waals surface area contributed by atoms with Gasteiger partial charge in [0.2, 0.25) is 5.95 Å². The van der Waals surface area contributed by atoms with Crippen LogP contribution >= 0.6 is 11.6 Å². The normalized spacial score (nSPS) is 16.9. The van der Waals surface area contributed by atoms with Crippen LogP contribution in [0, 0.1) is 0 Å². The van der Waals surface area contributed by atoms with Crippen molar-refractivity contribution in [2.24, 2.45) is 0 Å². The van der Waals surface area contributed by atoms with E-state index in [1.54, 1.807) is 0 Å². The number of alkyl halides is 3. The third-order valence-electron chi connectivity index (χ3n) is 5.83. The van der Waals surface area contributed by atoms with Crippen molar-refractivity contribution >= 4 is 57.2 Å². The zero-order chi connectivity index (χ0) is 27.4. The number of fused-ring (bicyclic) bond motifs is 1. The lowest BCUT2D eigenvalue weighted by molar-refractivity contribution is -0.192. The Morgan fingerprint density at radius 1 is 1.05 bits per heavy atom. The number of hydrogen-bond donors (Lipinski definition) is 3. The highest BCUT2D eigenvalue weighted by Crippen LogP contribution is 2.32. The molecule has 0 saturated carbocycles. The minimum atomic E-state index is -5.08. The number of hydrogen-bond acceptors (Lipinski definition) is 8. The SMILES string of the molecule is Nc1ccc(N2CCN(c3nc4c(c(Nc5cccc(Cl)c5)n3)S(=O)CC4)CC2)cc1.O=C(O)C(F)(F)F. The molecule has 9 nitrogen and oxygen atoms in total. The van der Waals surface area contributed by atoms with Crippen molar-refractivity contribution in [1.29, 1.82) is 0 Å². The maximum atomic E-state index is 12.6. The first-order valence-corrected chi connectivity index (χ1v) is 13.2. The van der Waals surface area contributed by atoms with E-state index in [0.29, 0.717) is 33.9 Å². The number of nitrogens with two attached hydrogens (primary N) is 1. The summed E-state index contributed by atoms with van der Waals surface area (Å²) in [6.07, 6.45) is -4.38. The zero-order valence-electron chi connectivity index (χ0n) is 19.9. The van der Waals surface area contributed by atoms with Crippen LogP contribution in [0.2, 0.25) is 5.02 Å². The van der Waals surface area contributed by atoms with E-state index in [9.17, 15) is 17.4 Å². The van der Waals surface area contributed by atoms with Crippen molar-refractivity contribution in [3.63, 3.8) is 0 Å². The first kappa shape index (κ1) is 27.5. The second-order valence-electron chi connectivity index (χ2n) is 8.45. The fourth-order valence-electron chi connectivity index (χ4n) is 3.96. The Balaban J connectivity index is 0.000000426. The lowest BCUT2D eigenvalue weighted by Gasteiger charge is -2.36. The lowest BCUT2D eigenvalue weighted by atomic mass is 10.2. The molecular formula is C24H24ClF3N6O3S. The van der Waals surface area contributed by atoms with E-state index in [1.165, 1.54) is 5.69 Å². The molecule has 0 spiro atoms. The third-order valence-corrected chi connectivity index (χ3v) is 7.52. The van der Waals surface area contributed by atoms with Crippen LogP contribution in [0.4, 0.5) is 42.0 Å². The van der Waals surface area contributed by atoms with Gasteiger partial charge in [0.1, 0.15) is 4.90 Å². The first-order valence-electron chi connectivity index (χ1n) is 11.5. The highest BCUT2D eigenvalue weighted by molar-refractivity contribution is 7.85. The molecule has 5 rings (SSSR count). The molecule has 2 aromatic carbocycles. The molecule has 1 fully saturated rings. The number of carbonyl (C=O) groups is 1. The third kappa shape index (κ3) is 6.64. The van der Waals surface area contributed by atoms with Gasteiger partial charge in [-0.15, -0.1) is 0 Å². The second-order valence-corrected chi connectivity index (χ2v) is 10.4. The number of piperazine rings is 1. The Morgan fingerprint density at radius 3 is 2.29 bits per heavy atom. The molecule has 202 valence electrons. The van der Waals surface area contributed by atoms with Crippen LogP contribution in [-0.2, 0) is 22.0 Å². The minimum absolute atomic E-state index is 0.586. The summed E-state index contributed by atoms with van der Waals surface area (Å²) in [5.74, 6) is -0.881. The summed E-state index contributed by atoms with van der Waals surface area (Å²) < 4.78 is 44.3. The molecule has 3 aromatic rings. The highest BCUT2D eigenvalue weighted by atomic mass is 35.5. The second kappa shape index (κ2) is 11.4. The van der Waals surface area contributed by atoms with Crippen molar-refractivity contribution in [2.45, 2.75) is 17.5 Å². The van der Waals surface area contributed by atoms with Gasteiger partial charge in [0, 0.05) is 60.4 Å². The Hall–Kier alpha value is -3.58. The van der Waals surface area contributed by atoms with Crippen LogP contribution in [0.25, 0.3) is 0 Å². The molecule has 1 saturated heterocycles. The van der Waals surface area contributed by atoms with E-state index in [1.807, 2.05) is 36.4 Å². The fourth-order valence-corrected chi connectivity index (χ4v) is 5.46. The molecule has 0 bridgehead atoms. The molecule has 2 aliphatic rings. The largest absolute Gasteiger partial charge is 0.490 e. The fraction of sp³-hybridized carbons (Fsp3) is 0.292. The number of halogens is 4. The number of carboxylic acid groups (broad SMARTS) is 1. The highest BCUT2D eigenvalue weighted by Gasteiger charge is 2.38. The van der Waals surface area contributed by atoms with Gasteiger partial charge in [-0.1, -0.05) is 17.7 Å². The molecule has 1 atom stereocenters. The van der Waals surface area contributed by atoms with E-state index in [2.05, 4.69) is 27.2 Å². The summed E-state index contributed by atoms with van der Waals surface area (Å²) in [5, 5.41) is 11.1. The number of rotatable bonds is 4. The molecule has 0 amide bonds. The van der Waals surface area contributed by atoms with E-state index < -0.39 is 22.9 Å². The topological polar surface area (TPSA) is 125 Å². The molecular weight excluding hydrogens is 545 g/mol. The van der Waals surface area contributed by atoms with Crippen LogP contribution in [-0.4, -0.2) is 63.4 Å². The number of aryl methyl sites for hydroxylation is 1. The van der Waals surface area contributed by atoms with Crippen molar-refractivity contribution in [2.75, 3.05) is 52.8 Å². The first-order chi connectivity index (χ1) is 18.0. The van der Waals surface area contributed by atoms with Gasteiger partial charge in [-0.25, -0.2) is 9.78 Å². The average Bonchev–Trinajstić information content (AvgIpc) is 3.25. The van der Waals surface area contributed by atoms with Crippen LogP contribution < -0.4 is 20.9 Å². The van der Waals surface area contributed by atoms with Gasteiger partial charge in [0.15, 0.2) is 5.82 Å². The van der Waals surface area contributed by atoms with Crippen molar-refractivity contribution in [3.8, 4) is 0 Å². The average molecular weight is 569 g/mol. The number of carboxylic acids is 1. The quantitative estimate of drug-likeness (QED) is 0.399. The van der Waals surface area contributed by atoms with E-state index in [0.717, 1.165) is 43.2 Å². The summed E-state index contributed by atoms with van der Waals surface area (Å²) in [4.78, 5) is 23.7. The molecule has 3 heterocycles. The van der Waals surface area contributed by atoms with Crippen LogP contribution in [0.15, 0.2) is 53.4 Å². The van der Waals surface area contributed by atoms with E-state index >= 15 is 0 Å². The lowest BCUT2D eigenvalue weighted by Crippen LogP contribution is -2.47. The van der Waals surface area contributed by atoms with Crippen molar-refractivity contribution in [1.82, 2.24) is 9.97 Å². The Morgan fingerprint density at radius 2 is 1.68 bits per heavy atom. The predicted molar refractivity (Wildman–Crippen MR) is 141 cm³/mol. The molecule has 4 N–H and O–H groups in total. The number of aromatic nitrogens is 2. The zero-order valence-corrected chi connectivity index (χ0v) is 21.5. The summed E-state index contributed by atoms with van der Waals surface area (Å²) in [6.45, 7) is 3.35. The standard InChI is InChI=1S/C22H23ClN6OS.C2HF3O2/c23-15-2-1-3-17(14-15)25-21-20-19(8-13-31(20)30)26-22(27-21)29-11-9-28(10-12-29)18-6-4-16(24)5-7-18;3-2(4,5)1(6)7/h1-7,14H,8-13,24H2,(H,25,26,27);(H,6,7). The minimum Gasteiger partial charge on any atom is -0.475 e. The van der Waals surface area contributed by atoms with Gasteiger partial charge < -0.3 is 26.0 Å². The smallest absolute Gasteiger partial charge is 0.475 e. The molecule has 38 heavy (non-hydrogen) atoms. The summed E-state index contributed by atoms with van der Waals surface area (Å²) in [6, 6.07) is 15.4. The van der Waals surface area contributed by atoms with Crippen molar-refractivity contribution < 1.29 is 27.3 Å². The van der Waals surface area contributed by atoms with Gasteiger partial charge in [-0.05, 0) is 42.5 Å². The number of nitrogens with one attached hydrogen (secondary N) is 1. The maximum Gasteiger partial charge on any atom is 0.490 e. The Kier molecular flexibility index (Phi) is 8.26. The Labute approximate surface area is 223 Å². The summed E-state index contributed by atoms with van der Waals surface area (Å²) >= 11 is 6.13. The predicted octanol–water partition coefficient (Wildman–Crippen LogP) is 4.08.